The van der Waals surface area contributed by atoms with Crippen LogP contribution >= 0.6 is 0 Å². The first-order valence-corrected chi connectivity index (χ1v) is 14.7. The fraction of sp³-hybridized carbons (Fsp3) is 0.533. The van der Waals surface area contributed by atoms with Crippen molar-refractivity contribution >= 4 is 35.1 Å². The van der Waals surface area contributed by atoms with Gasteiger partial charge in [0.15, 0.2) is 0 Å². The molecule has 0 spiro atoms. The van der Waals surface area contributed by atoms with E-state index in [1.54, 1.807) is 12.0 Å². The number of rotatable bonds is 7. The minimum Gasteiger partial charge on any atom is -0.494 e. The van der Waals surface area contributed by atoms with Gasteiger partial charge in [0.2, 0.25) is 11.9 Å². The first kappa shape index (κ1) is 27.3. The third kappa shape index (κ3) is 5.42. The Balaban J connectivity index is 1.28. The molecule has 2 saturated heterocycles. The van der Waals surface area contributed by atoms with E-state index in [9.17, 15) is 9.59 Å². The zero-order chi connectivity index (χ0) is 28.5. The van der Waals surface area contributed by atoms with E-state index in [4.69, 9.17) is 9.72 Å². The van der Waals surface area contributed by atoms with Crippen LogP contribution in [0.5, 0.6) is 5.75 Å². The summed E-state index contributed by atoms with van der Waals surface area (Å²) < 4.78 is 5.75. The molecule has 1 N–H and O–H groups in total. The standard InChI is InChI=1S/C30H40N8O3/c1-4-27(39)36-12-11-24(20-36)38-28-21(19-37(30(38)40)22-7-5-6-8-22)18-31-29(33-28)32-25-10-9-23(17-26(25)41-3)35-15-13-34(2)14-16-35/h4,9-10,17-18,22,24H,1,5-8,11-16,19-20H2,2-3H3,(H,31,32,33)/t24-/m0/s1. The van der Waals surface area contributed by atoms with Crippen molar-refractivity contribution in [3.8, 4) is 5.75 Å². The van der Waals surface area contributed by atoms with Crippen molar-refractivity contribution in [1.82, 2.24) is 24.7 Å². The second kappa shape index (κ2) is 11.6. The van der Waals surface area contributed by atoms with E-state index in [-0.39, 0.29) is 24.0 Å². The summed E-state index contributed by atoms with van der Waals surface area (Å²) in [5.74, 6) is 1.62. The molecular weight excluding hydrogens is 520 g/mol. The van der Waals surface area contributed by atoms with Crippen molar-refractivity contribution in [3.63, 3.8) is 0 Å². The van der Waals surface area contributed by atoms with Gasteiger partial charge in [0, 0.05) is 68.8 Å². The highest BCUT2D eigenvalue weighted by Gasteiger charge is 2.42. The number of nitrogens with zero attached hydrogens (tertiary/aromatic N) is 7. The van der Waals surface area contributed by atoms with Crippen LogP contribution in [-0.2, 0) is 11.3 Å². The summed E-state index contributed by atoms with van der Waals surface area (Å²) in [4.78, 5) is 46.1. The lowest BCUT2D eigenvalue weighted by Gasteiger charge is -2.41. The van der Waals surface area contributed by atoms with Gasteiger partial charge in [-0.05, 0) is 44.5 Å². The Kier molecular flexibility index (Phi) is 7.70. The molecule has 1 saturated carbocycles. The van der Waals surface area contributed by atoms with E-state index in [0.717, 1.165) is 68.8 Å². The third-order valence-corrected chi connectivity index (χ3v) is 8.94. The second-order valence-corrected chi connectivity index (χ2v) is 11.5. The number of piperazine rings is 1. The number of amides is 3. The van der Waals surface area contributed by atoms with Gasteiger partial charge in [0.25, 0.3) is 0 Å². The van der Waals surface area contributed by atoms with Gasteiger partial charge >= 0.3 is 6.03 Å². The number of fused-ring (bicyclic) bond motifs is 1. The van der Waals surface area contributed by atoms with Gasteiger partial charge in [-0.1, -0.05) is 19.4 Å². The predicted molar refractivity (Wildman–Crippen MR) is 159 cm³/mol. The fourth-order valence-electron chi connectivity index (χ4n) is 6.54. The molecule has 1 aromatic carbocycles. The maximum atomic E-state index is 14.0. The molecule has 4 aliphatic rings. The second-order valence-electron chi connectivity index (χ2n) is 11.5. The summed E-state index contributed by atoms with van der Waals surface area (Å²) in [6, 6.07) is 6.18. The van der Waals surface area contributed by atoms with Crippen molar-refractivity contribution in [3.05, 3.63) is 42.6 Å². The molecule has 6 rings (SSSR count). The van der Waals surface area contributed by atoms with Gasteiger partial charge in [0.05, 0.1) is 25.4 Å². The number of carbonyl (C=O) groups is 2. The highest BCUT2D eigenvalue weighted by atomic mass is 16.5. The third-order valence-electron chi connectivity index (χ3n) is 8.94. The summed E-state index contributed by atoms with van der Waals surface area (Å²) in [5.41, 5.74) is 2.80. The van der Waals surface area contributed by atoms with Crippen LogP contribution in [0.2, 0.25) is 0 Å². The molecule has 11 heteroatoms. The predicted octanol–water partition coefficient (Wildman–Crippen LogP) is 3.45. The first-order valence-electron chi connectivity index (χ1n) is 14.7. The molecule has 3 amide bonds. The fourth-order valence-corrected chi connectivity index (χ4v) is 6.54. The minimum absolute atomic E-state index is 0.0268. The molecule has 1 aromatic heterocycles. The number of methoxy groups -OCH3 is 1. The molecule has 1 atom stereocenters. The Bertz CT molecular complexity index is 1300. The zero-order valence-electron chi connectivity index (χ0n) is 24.1. The number of carbonyl (C=O) groups excluding carboxylic acids is 2. The number of aromatic nitrogens is 2. The maximum absolute atomic E-state index is 14.0. The van der Waals surface area contributed by atoms with Crippen LogP contribution in [0.4, 0.5) is 27.9 Å². The van der Waals surface area contributed by atoms with Crippen LogP contribution < -0.4 is 19.9 Å². The number of ether oxygens (including phenoxy) is 1. The quantitative estimate of drug-likeness (QED) is 0.515. The maximum Gasteiger partial charge on any atom is 0.326 e. The van der Waals surface area contributed by atoms with Gasteiger partial charge in [-0.15, -0.1) is 0 Å². The molecule has 0 unspecified atom stereocenters. The number of likely N-dealkylation sites (N-methyl/N-ethyl adjacent to an activating group) is 1. The van der Waals surface area contributed by atoms with Crippen LogP contribution in [0.15, 0.2) is 37.1 Å². The van der Waals surface area contributed by atoms with E-state index in [2.05, 4.69) is 39.8 Å². The van der Waals surface area contributed by atoms with E-state index in [0.29, 0.717) is 43.6 Å². The Labute approximate surface area is 241 Å². The number of urea groups is 1. The molecule has 0 bridgehead atoms. The summed E-state index contributed by atoms with van der Waals surface area (Å²) in [6.07, 6.45) is 8.18. The zero-order valence-corrected chi connectivity index (χ0v) is 24.1. The molecule has 11 nitrogen and oxygen atoms in total. The lowest BCUT2D eigenvalue weighted by atomic mass is 10.1. The largest absolute Gasteiger partial charge is 0.494 e. The van der Waals surface area contributed by atoms with Crippen LogP contribution in [-0.4, -0.2) is 102 Å². The molecule has 218 valence electrons. The van der Waals surface area contributed by atoms with E-state index in [1.165, 1.54) is 6.08 Å². The molecule has 3 fully saturated rings. The average molecular weight is 561 g/mol. The summed E-state index contributed by atoms with van der Waals surface area (Å²) in [6.45, 7) is 9.18. The van der Waals surface area contributed by atoms with Crippen molar-refractivity contribution in [2.75, 3.05) is 68.5 Å². The molecule has 3 aliphatic heterocycles. The normalized spacial score (nSPS) is 21.8. The number of hydrogen-bond acceptors (Lipinski definition) is 8. The Hall–Kier alpha value is -3.86. The molecule has 1 aliphatic carbocycles. The summed E-state index contributed by atoms with van der Waals surface area (Å²) in [5, 5.41) is 3.34. The monoisotopic (exact) mass is 560 g/mol. The Morgan fingerprint density at radius 1 is 1.10 bits per heavy atom. The van der Waals surface area contributed by atoms with Gasteiger partial charge in [-0.25, -0.2) is 9.78 Å². The highest BCUT2D eigenvalue weighted by molar-refractivity contribution is 5.95. The smallest absolute Gasteiger partial charge is 0.326 e. The van der Waals surface area contributed by atoms with E-state index >= 15 is 0 Å². The number of benzene rings is 1. The van der Waals surface area contributed by atoms with Crippen LogP contribution in [0.25, 0.3) is 0 Å². The van der Waals surface area contributed by atoms with Crippen LogP contribution in [0.3, 0.4) is 0 Å². The molecule has 0 radical (unpaired) electrons. The van der Waals surface area contributed by atoms with Crippen molar-refractivity contribution < 1.29 is 14.3 Å². The number of likely N-dealkylation sites (tertiary alicyclic amines) is 1. The molecule has 4 heterocycles. The summed E-state index contributed by atoms with van der Waals surface area (Å²) >= 11 is 0. The average Bonchev–Trinajstić information content (AvgIpc) is 3.70. The van der Waals surface area contributed by atoms with Gasteiger partial charge in [0.1, 0.15) is 11.6 Å². The van der Waals surface area contributed by atoms with Gasteiger partial charge in [-0.2, -0.15) is 4.98 Å². The molecule has 41 heavy (non-hydrogen) atoms. The van der Waals surface area contributed by atoms with Crippen molar-refractivity contribution in [1.29, 1.82) is 0 Å². The highest BCUT2D eigenvalue weighted by Crippen LogP contribution is 2.37. The lowest BCUT2D eigenvalue weighted by molar-refractivity contribution is -0.125. The number of nitrogens with one attached hydrogen (secondary N) is 1. The lowest BCUT2D eigenvalue weighted by Crippen LogP contribution is -2.55. The number of hydrogen-bond donors (Lipinski definition) is 1. The number of anilines is 4. The Morgan fingerprint density at radius 2 is 1.88 bits per heavy atom. The van der Waals surface area contributed by atoms with Crippen LogP contribution in [0.1, 0.15) is 37.7 Å². The van der Waals surface area contributed by atoms with Crippen molar-refractivity contribution in [2.24, 2.45) is 0 Å². The summed E-state index contributed by atoms with van der Waals surface area (Å²) in [7, 11) is 3.81. The van der Waals surface area contributed by atoms with Crippen LogP contribution in [0, 0.1) is 0 Å². The van der Waals surface area contributed by atoms with Gasteiger partial charge < -0.3 is 29.7 Å². The van der Waals surface area contributed by atoms with E-state index < -0.39 is 0 Å². The Morgan fingerprint density at radius 3 is 2.61 bits per heavy atom. The van der Waals surface area contributed by atoms with Gasteiger partial charge in [-0.3, -0.25) is 9.69 Å². The first-order chi connectivity index (χ1) is 19.9. The molecule has 2 aromatic rings. The van der Waals surface area contributed by atoms with Crippen molar-refractivity contribution in [2.45, 2.75) is 50.7 Å². The topological polar surface area (TPSA) is 97.4 Å². The SMILES string of the molecule is C=CC(=O)N1CC[C@H](N2C(=O)N(C3CCCC3)Cc3cnc(Nc4ccc(N5CCN(C)CC5)cc4OC)nc32)C1. The minimum atomic E-state index is -0.158. The van der Waals surface area contributed by atoms with E-state index in [1.807, 2.05) is 28.1 Å². The molecular formula is C30H40N8O3.